The van der Waals surface area contributed by atoms with Gasteiger partial charge in [-0.1, -0.05) is 0 Å². The lowest BCUT2D eigenvalue weighted by Gasteiger charge is -2.40. The molecule has 0 aromatic heterocycles. The Bertz CT molecular complexity index is 414. The van der Waals surface area contributed by atoms with Crippen LogP contribution in [0.3, 0.4) is 0 Å². The van der Waals surface area contributed by atoms with Crippen molar-refractivity contribution in [1.82, 2.24) is 15.1 Å². The van der Waals surface area contributed by atoms with Crippen molar-refractivity contribution in [2.45, 2.75) is 51.9 Å². The van der Waals surface area contributed by atoms with Crippen LogP contribution in [0.4, 0.5) is 4.79 Å². The van der Waals surface area contributed by atoms with Gasteiger partial charge in [0, 0.05) is 19.6 Å². The molecule has 132 valence electrons. The van der Waals surface area contributed by atoms with Gasteiger partial charge in [0.1, 0.15) is 0 Å². The molecule has 7 heteroatoms. The molecule has 3 atom stereocenters. The van der Waals surface area contributed by atoms with Gasteiger partial charge in [-0.15, -0.1) is 0 Å². The van der Waals surface area contributed by atoms with Crippen LogP contribution >= 0.6 is 0 Å². The van der Waals surface area contributed by atoms with Crippen LogP contribution in [0.1, 0.15) is 33.6 Å². The molecule has 2 saturated heterocycles. The Morgan fingerprint density at radius 1 is 1.22 bits per heavy atom. The van der Waals surface area contributed by atoms with Crippen LogP contribution in [0, 0.1) is 5.92 Å². The van der Waals surface area contributed by atoms with E-state index in [1.165, 1.54) is 0 Å². The molecular weight excluding hydrogens is 296 g/mol. The molecule has 2 heterocycles. The first-order valence-corrected chi connectivity index (χ1v) is 8.57. The van der Waals surface area contributed by atoms with Crippen LogP contribution in [-0.2, 0) is 9.53 Å². The smallest absolute Gasteiger partial charge is 0.318 e. The van der Waals surface area contributed by atoms with Gasteiger partial charge in [-0.25, -0.2) is 4.79 Å². The number of hydrogen-bond donors (Lipinski definition) is 2. The van der Waals surface area contributed by atoms with Crippen LogP contribution < -0.4 is 11.1 Å². The van der Waals surface area contributed by atoms with Crippen molar-refractivity contribution in [3.05, 3.63) is 0 Å². The fourth-order valence-corrected chi connectivity index (χ4v) is 3.71. The third-order valence-corrected chi connectivity index (χ3v) is 4.83. The molecule has 0 unspecified atom stereocenters. The quantitative estimate of drug-likeness (QED) is 0.780. The highest BCUT2D eigenvalue weighted by molar-refractivity contribution is 5.96. The van der Waals surface area contributed by atoms with Gasteiger partial charge in [-0.05, 0) is 52.6 Å². The molecule has 2 fully saturated rings. The third kappa shape index (κ3) is 5.44. The molecule has 3 amide bonds. The number of rotatable bonds is 4. The van der Waals surface area contributed by atoms with E-state index in [1.807, 2.05) is 6.92 Å². The molecular formula is C16H30N4O3. The topological polar surface area (TPSA) is 87.9 Å². The lowest BCUT2D eigenvalue weighted by Crippen LogP contribution is -2.52. The molecule has 0 bridgehead atoms. The zero-order valence-corrected chi connectivity index (χ0v) is 14.5. The zero-order chi connectivity index (χ0) is 17.0. The highest BCUT2D eigenvalue weighted by atomic mass is 16.5. The largest absolute Gasteiger partial charge is 0.373 e. The molecule has 23 heavy (non-hydrogen) atoms. The Morgan fingerprint density at radius 2 is 1.78 bits per heavy atom. The maximum atomic E-state index is 11.8. The third-order valence-electron chi connectivity index (χ3n) is 4.83. The van der Waals surface area contributed by atoms with Crippen molar-refractivity contribution in [2.24, 2.45) is 11.7 Å². The van der Waals surface area contributed by atoms with Gasteiger partial charge < -0.3 is 10.5 Å². The predicted octanol–water partition coefficient (Wildman–Crippen LogP) is 0.391. The summed E-state index contributed by atoms with van der Waals surface area (Å²) in [7, 11) is 0. The first kappa shape index (κ1) is 18.2. The number of carbonyl (C=O) groups is 2. The summed E-state index contributed by atoms with van der Waals surface area (Å²) >= 11 is 0. The molecule has 0 spiro atoms. The summed E-state index contributed by atoms with van der Waals surface area (Å²) in [5, 5.41) is 2.16. The van der Waals surface area contributed by atoms with Gasteiger partial charge in [-0.3, -0.25) is 19.9 Å². The van der Waals surface area contributed by atoms with E-state index in [9.17, 15) is 9.59 Å². The Morgan fingerprint density at radius 3 is 2.30 bits per heavy atom. The van der Waals surface area contributed by atoms with Crippen molar-refractivity contribution in [3.8, 4) is 0 Å². The Labute approximate surface area is 138 Å². The summed E-state index contributed by atoms with van der Waals surface area (Å²) in [5.41, 5.74) is 5.00. The number of amides is 3. The number of hydrogen-bond acceptors (Lipinski definition) is 5. The lowest BCUT2D eigenvalue weighted by atomic mass is 9.94. The van der Waals surface area contributed by atoms with Crippen molar-refractivity contribution in [2.75, 3.05) is 32.7 Å². The molecule has 7 nitrogen and oxygen atoms in total. The van der Waals surface area contributed by atoms with E-state index in [0.717, 1.165) is 45.6 Å². The predicted molar refractivity (Wildman–Crippen MR) is 87.9 cm³/mol. The second kappa shape index (κ2) is 8.08. The molecule has 2 rings (SSSR count). The molecule has 2 aliphatic heterocycles. The summed E-state index contributed by atoms with van der Waals surface area (Å²) in [6, 6.07) is -1.10. The molecule has 3 N–H and O–H groups in total. The maximum Gasteiger partial charge on any atom is 0.318 e. The summed E-state index contributed by atoms with van der Waals surface area (Å²) < 4.78 is 5.78. The second-order valence-corrected chi connectivity index (χ2v) is 6.98. The van der Waals surface area contributed by atoms with E-state index < -0.39 is 6.03 Å². The maximum absolute atomic E-state index is 11.8. The number of likely N-dealkylation sites (tertiary alicyclic amines) is 1. The average molecular weight is 326 g/mol. The van der Waals surface area contributed by atoms with Crippen molar-refractivity contribution >= 4 is 11.9 Å². The van der Waals surface area contributed by atoms with E-state index in [0.29, 0.717) is 18.1 Å². The Kier molecular flexibility index (Phi) is 6.38. The zero-order valence-electron chi connectivity index (χ0n) is 14.5. The molecule has 2 aliphatic rings. The standard InChI is InChI=1S/C16H30N4O3/c1-11-8-19(9-12(2)23-11)10-14-4-6-20(7-5-14)13(3)15(21)18-16(17)22/h11-14H,4-10H2,1-3H3,(H3,17,18,21,22)/t11-,12+,13-/m1/s1. The average Bonchev–Trinajstić information content (AvgIpc) is 2.45. The van der Waals surface area contributed by atoms with E-state index in [2.05, 4.69) is 29.0 Å². The minimum absolute atomic E-state index is 0.302. The van der Waals surface area contributed by atoms with Gasteiger partial charge in [0.15, 0.2) is 0 Å². The highest BCUT2D eigenvalue weighted by Crippen LogP contribution is 2.22. The normalized spacial score (nSPS) is 29.2. The summed E-state index contributed by atoms with van der Waals surface area (Å²) in [6.45, 7) is 11.0. The first-order chi connectivity index (χ1) is 10.8. The van der Waals surface area contributed by atoms with Crippen molar-refractivity contribution < 1.29 is 14.3 Å². The Hall–Kier alpha value is -1.18. The van der Waals surface area contributed by atoms with Crippen LogP contribution in [0.5, 0.6) is 0 Å². The van der Waals surface area contributed by atoms with E-state index in [1.54, 1.807) is 0 Å². The number of nitrogens with two attached hydrogens (primary N) is 1. The van der Waals surface area contributed by atoms with E-state index in [4.69, 9.17) is 10.5 Å². The van der Waals surface area contributed by atoms with Crippen LogP contribution in [0.25, 0.3) is 0 Å². The van der Waals surface area contributed by atoms with Gasteiger partial charge in [0.2, 0.25) is 5.91 Å². The van der Waals surface area contributed by atoms with Gasteiger partial charge in [0.25, 0.3) is 0 Å². The number of ether oxygens (including phenoxy) is 1. The summed E-state index contributed by atoms with van der Waals surface area (Å²) in [4.78, 5) is 27.3. The second-order valence-electron chi connectivity index (χ2n) is 6.98. The minimum Gasteiger partial charge on any atom is -0.373 e. The van der Waals surface area contributed by atoms with Crippen molar-refractivity contribution in [1.29, 1.82) is 0 Å². The van der Waals surface area contributed by atoms with Gasteiger partial charge >= 0.3 is 6.03 Å². The lowest BCUT2D eigenvalue weighted by molar-refractivity contribution is -0.125. The number of carbonyl (C=O) groups excluding carboxylic acids is 2. The monoisotopic (exact) mass is 326 g/mol. The number of nitrogens with zero attached hydrogens (tertiary/aromatic N) is 2. The first-order valence-electron chi connectivity index (χ1n) is 8.57. The highest BCUT2D eigenvalue weighted by Gasteiger charge is 2.29. The number of morpholine rings is 1. The molecule has 0 aromatic rings. The van der Waals surface area contributed by atoms with Crippen LogP contribution in [0.2, 0.25) is 0 Å². The van der Waals surface area contributed by atoms with Gasteiger partial charge in [-0.2, -0.15) is 0 Å². The van der Waals surface area contributed by atoms with Crippen LogP contribution in [0.15, 0.2) is 0 Å². The molecule has 0 aliphatic carbocycles. The van der Waals surface area contributed by atoms with Crippen LogP contribution in [-0.4, -0.2) is 72.7 Å². The van der Waals surface area contributed by atoms with E-state index >= 15 is 0 Å². The Balaban J connectivity index is 1.75. The molecule has 0 aromatic carbocycles. The molecule has 0 saturated carbocycles. The number of nitrogens with one attached hydrogen (secondary N) is 1. The number of piperidine rings is 1. The van der Waals surface area contributed by atoms with Crippen molar-refractivity contribution in [3.63, 3.8) is 0 Å². The number of primary amides is 1. The fraction of sp³-hybridized carbons (Fsp3) is 0.875. The SMILES string of the molecule is C[C@@H]1CN(CC2CCN([C@H](C)C(=O)NC(N)=O)CC2)C[C@H](C)O1. The summed E-state index contributed by atoms with van der Waals surface area (Å²) in [5.74, 6) is 0.349. The molecule has 0 radical (unpaired) electrons. The minimum atomic E-state index is -0.785. The fourth-order valence-electron chi connectivity index (χ4n) is 3.71. The van der Waals surface area contributed by atoms with E-state index in [-0.39, 0.29) is 11.9 Å². The summed E-state index contributed by atoms with van der Waals surface area (Å²) in [6.07, 6.45) is 2.76. The number of urea groups is 1. The number of imide groups is 1. The van der Waals surface area contributed by atoms with Gasteiger partial charge in [0.05, 0.1) is 18.2 Å².